The Morgan fingerprint density at radius 3 is 3.04 bits per heavy atom. The minimum atomic E-state index is -0.398. The van der Waals surface area contributed by atoms with Crippen LogP contribution in [0.15, 0.2) is 35.8 Å². The number of aryl methyl sites for hydroxylation is 1. The number of aromatic nitrogens is 1. The van der Waals surface area contributed by atoms with Crippen LogP contribution >= 0.6 is 11.3 Å². The van der Waals surface area contributed by atoms with Gasteiger partial charge in [0.2, 0.25) is 11.8 Å². The maximum Gasteiger partial charge on any atom is 0.248 e. The van der Waals surface area contributed by atoms with Crippen molar-refractivity contribution < 1.29 is 9.59 Å². The van der Waals surface area contributed by atoms with Crippen molar-refractivity contribution in [2.75, 3.05) is 11.9 Å². The van der Waals surface area contributed by atoms with Crippen LogP contribution in [0, 0.1) is 6.92 Å². The van der Waals surface area contributed by atoms with Gasteiger partial charge in [-0.2, -0.15) is 0 Å². The molecule has 3 heterocycles. The van der Waals surface area contributed by atoms with Crippen LogP contribution in [-0.2, 0) is 16.0 Å². The predicted molar refractivity (Wildman–Crippen MR) is 90.4 cm³/mol. The third-order valence-corrected chi connectivity index (χ3v) is 4.82. The summed E-state index contributed by atoms with van der Waals surface area (Å²) in [6, 6.07) is 7.19. The highest BCUT2D eigenvalue weighted by molar-refractivity contribution is 7.10. The van der Waals surface area contributed by atoms with Crippen molar-refractivity contribution in [1.29, 1.82) is 0 Å². The highest BCUT2D eigenvalue weighted by Crippen LogP contribution is 2.21. The zero-order valence-electron chi connectivity index (χ0n) is 13.0. The maximum atomic E-state index is 12.5. The minimum absolute atomic E-state index is 0.0160. The van der Waals surface area contributed by atoms with Crippen molar-refractivity contribution in [3.63, 3.8) is 0 Å². The molecule has 0 saturated carbocycles. The lowest BCUT2D eigenvalue weighted by Crippen LogP contribution is -2.43. The maximum absolute atomic E-state index is 12.5. The van der Waals surface area contributed by atoms with Crippen LogP contribution < -0.4 is 5.32 Å². The summed E-state index contributed by atoms with van der Waals surface area (Å²) in [5.74, 6) is 0.398. The lowest BCUT2D eigenvalue weighted by Gasteiger charge is -2.23. The third-order valence-electron chi connectivity index (χ3n) is 3.95. The molecule has 23 heavy (non-hydrogen) atoms. The van der Waals surface area contributed by atoms with E-state index in [2.05, 4.69) is 10.3 Å². The molecule has 2 amide bonds. The number of carbonyl (C=O) groups excluding carboxylic acids is 2. The van der Waals surface area contributed by atoms with Gasteiger partial charge in [-0.05, 0) is 48.9 Å². The summed E-state index contributed by atoms with van der Waals surface area (Å²) in [6.07, 6.45) is 3.59. The summed E-state index contributed by atoms with van der Waals surface area (Å²) >= 11 is 1.57. The number of likely N-dealkylation sites (tertiary alicyclic amines) is 1. The molecule has 1 aliphatic rings. The fourth-order valence-corrected chi connectivity index (χ4v) is 3.51. The van der Waals surface area contributed by atoms with Crippen molar-refractivity contribution in [2.45, 2.75) is 32.2 Å². The number of nitrogens with one attached hydrogen (secondary N) is 1. The van der Waals surface area contributed by atoms with E-state index in [1.165, 1.54) is 0 Å². The Bertz CT molecular complexity index is 700. The molecule has 6 heteroatoms. The summed E-state index contributed by atoms with van der Waals surface area (Å²) in [6.45, 7) is 2.59. The van der Waals surface area contributed by atoms with Gasteiger partial charge in [0, 0.05) is 17.6 Å². The standard InChI is InChI=1S/C17H19N3O2S/c1-12-6-7-18-15(10-12)19-17(22)14-5-2-8-20(14)16(21)11-13-4-3-9-23-13/h3-4,6-7,9-10,14H,2,5,8,11H2,1H3,(H,18,19,22)/t14-/m0/s1. The Labute approximate surface area is 139 Å². The Morgan fingerprint density at radius 1 is 1.43 bits per heavy atom. The number of hydrogen-bond donors (Lipinski definition) is 1. The SMILES string of the molecule is Cc1ccnc(NC(=O)[C@@H]2CCCN2C(=O)Cc2cccs2)c1. The first kappa shape index (κ1) is 15.7. The van der Waals surface area contributed by atoms with Crippen LogP contribution in [0.25, 0.3) is 0 Å². The van der Waals surface area contributed by atoms with Gasteiger partial charge in [0.1, 0.15) is 11.9 Å². The third kappa shape index (κ3) is 3.76. The molecule has 2 aromatic heterocycles. The zero-order chi connectivity index (χ0) is 16.2. The average molecular weight is 329 g/mol. The van der Waals surface area contributed by atoms with E-state index in [0.29, 0.717) is 25.2 Å². The van der Waals surface area contributed by atoms with E-state index < -0.39 is 6.04 Å². The van der Waals surface area contributed by atoms with Crippen LogP contribution in [0.4, 0.5) is 5.82 Å². The topological polar surface area (TPSA) is 62.3 Å². The number of amides is 2. The number of nitrogens with zero attached hydrogens (tertiary/aromatic N) is 2. The van der Waals surface area contributed by atoms with E-state index in [9.17, 15) is 9.59 Å². The normalized spacial score (nSPS) is 17.3. The van der Waals surface area contributed by atoms with Crippen LogP contribution in [0.5, 0.6) is 0 Å². The highest BCUT2D eigenvalue weighted by Gasteiger charge is 2.34. The molecular formula is C17H19N3O2S. The van der Waals surface area contributed by atoms with Crippen LogP contribution in [0.2, 0.25) is 0 Å². The van der Waals surface area contributed by atoms with Gasteiger partial charge in [0.05, 0.1) is 6.42 Å². The molecule has 5 nitrogen and oxygen atoms in total. The van der Waals surface area contributed by atoms with Crippen molar-refractivity contribution in [2.24, 2.45) is 0 Å². The quantitative estimate of drug-likeness (QED) is 0.938. The first-order valence-corrected chi connectivity index (χ1v) is 8.57. The van der Waals surface area contributed by atoms with Gasteiger partial charge >= 0.3 is 0 Å². The van der Waals surface area contributed by atoms with E-state index in [1.807, 2.05) is 36.6 Å². The molecule has 1 N–H and O–H groups in total. The molecule has 0 unspecified atom stereocenters. The molecular weight excluding hydrogens is 310 g/mol. The average Bonchev–Trinajstić information content (AvgIpc) is 3.18. The monoisotopic (exact) mass is 329 g/mol. The molecule has 2 aromatic rings. The van der Waals surface area contributed by atoms with Crippen molar-refractivity contribution in [3.8, 4) is 0 Å². The fraction of sp³-hybridized carbons (Fsp3) is 0.353. The minimum Gasteiger partial charge on any atom is -0.330 e. The molecule has 0 aromatic carbocycles. The molecule has 1 fully saturated rings. The van der Waals surface area contributed by atoms with Gasteiger partial charge in [-0.3, -0.25) is 9.59 Å². The van der Waals surface area contributed by atoms with Gasteiger partial charge in [0.15, 0.2) is 0 Å². The first-order valence-electron chi connectivity index (χ1n) is 7.69. The Kier molecular flexibility index (Phi) is 4.71. The molecule has 0 aliphatic carbocycles. The fourth-order valence-electron chi connectivity index (χ4n) is 2.82. The summed E-state index contributed by atoms with van der Waals surface area (Å²) in [5, 5.41) is 4.79. The molecule has 1 aliphatic heterocycles. The Hall–Kier alpha value is -2.21. The number of rotatable bonds is 4. The number of carbonyl (C=O) groups is 2. The summed E-state index contributed by atoms with van der Waals surface area (Å²) < 4.78 is 0. The van der Waals surface area contributed by atoms with Gasteiger partial charge in [-0.15, -0.1) is 11.3 Å². The molecule has 1 saturated heterocycles. The van der Waals surface area contributed by atoms with Crippen LogP contribution in [0.3, 0.4) is 0 Å². The molecule has 0 bridgehead atoms. The first-order chi connectivity index (χ1) is 11.1. The van der Waals surface area contributed by atoms with E-state index in [4.69, 9.17) is 0 Å². The Morgan fingerprint density at radius 2 is 2.30 bits per heavy atom. The largest absolute Gasteiger partial charge is 0.330 e. The second kappa shape index (κ2) is 6.91. The number of pyridine rings is 1. The van der Waals surface area contributed by atoms with Crippen LogP contribution in [-0.4, -0.2) is 34.3 Å². The second-order valence-electron chi connectivity index (χ2n) is 5.71. The van der Waals surface area contributed by atoms with Gasteiger partial charge < -0.3 is 10.2 Å². The molecule has 0 radical (unpaired) electrons. The van der Waals surface area contributed by atoms with Crippen LogP contribution in [0.1, 0.15) is 23.3 Å². The van der Waals surface area contributed by atoms with E-state index >= 15 is 0 Å². The lowest BCUT2D eigenvalue weighted by molar-refractivity contribution is -0.136. The number of anilines is 1. The lowest BCUT2D eigenvalue weighted by atomic mass is 10.2. The van der Waals surface area contributed by atoms with Crippen molar-refractivity contribution in [3.05, 3.63) is 46.3 Å². The van der Waals surface area contributed by atoms with E-state index in [0.717, 1.165) is 16.9 Å². The van der Waals surface area contributed by atoms with Crippen molar-refractivity contribution in [1.82, 2.24) is 9.88 Å². The predicted octanol–water partition coefficient (Wildman–Crippen LogP) is 2.62. The number of thiophene rings is 1. The van der Waals surface area contributed by atoms with E-state index in [-0.39, 0.29) is 11.8 Å². The van der Waals surface area contributed by atoms with E-state index in [1.54, 1.807) is 22.4 Å². The summed E-state index contributed by atoms with van der Waals surface area (Å²) in [4.78, 5) is 31.8. The number of hydrogen-bond acceptors (Lipinski definition) is 4. The highest BCUT2D eigenvalue weighted by atomic mass is 32.1. The Balaban J connectivity index is 1.66. The van der Waals surface area contributed by atoms with Crippen molar-refractivity contribution >= 4 is 29.0 Å². The molecule has 3 rings (SSSR count). The molecule has 120 valence electrons. The second-order valence-corrected chi connectivity index (χ2v) is 6.74. The molecule has 1 atom stereocenters. The zero-order valence-corrected chi connectivity index (χ0v) is 13.8. The van der Waals surface area contributed by atoms with Gasteiger partial charge in [0.25, 0.3) is 0 Å². The molecule has 0 spiro atoms. The summed E-state index contributed by atoms with van der Waals surface area (Å²) in [7, 11) is 0. The van der Waals surface area contributed by atoms with Gasteiger partial charge in [-0.25, -0.2) is 4.98 Å². The smallest absolute Gasteiger partial charge is 0.248 e. The summed E-state index contributed by atoms with van der Waals surface area (Å²) in [5.41, 5.74) is 1.03. The van der Waals surface area contributed by atoms with Gasteiger partial charge in [-0.1, -0.05) is 6.07 Å².